The van der Waals surface area contributed by atoms with E-state index >= 15 is 0 Å². The predicted molar refractivity (Wildman–Crippen MR) is 145 cm³/mol. The van der Waals surface area contributed by atoms with Gasteiger partial charge in [-0.1, -0.05) is 70.4 Å². The van der Waals surface area contributed by atoms with Crippen LogP contribution in [0.4, 0.5) is 4.79 Å². The van der Waals surface area contributed by atoms with Crippen molar-refractivity contribution in [1.82, 2.24) is 15.5 Å². The Hall–Kier alpha value is -2.77. The lowest BCUT2D eigenvalue weighted by atomic mass is 9.94. The second-order valence-corrected chi connectivity index (χ2v) is 11.0. The van der Waals surface area contributed by atoms with Gasteiger partial charge in [-0.2, -0.15) is 0 Å². The average Bonchev–Trinajstić information content (AvgIpc) is 2.84. The summed E-state index contributed by atoms with van der Waals surface area (Å²) in [4.78, 5) is 40.9. The van der Waals surface area contributed by atoms with E-state index in [0.717, 1.165) is 57.8 Å². The third kappa shape index (κ3) is 11.4. The molecule has 1 atom stereocenters. The van der Waals surface area contributed by atoms with Crippen LogP contribution in [0.3, 0.4) is 0 Å². The van der Waals surface area contributed by atoms with Gasteiger partial charge < -0.3 is 25.4 Å². The van der Waals surface area contributed by atoms with Gasteiger partial charge >= 0.3 is 6.09 Å². The zero-order valence-electron chi connectivity index (χ0n) is 23.2. The first kappa shape index (κ1) is 30.5. The van der Waals surface area contributed by atoms with Gasteiger partial charge in [0.1, 0.15) is 23.9 Å². The Bertz CT molecular complexity index is 844. The molecule has 2 rings (SSSR count). The monoisotopic (exact) mass is 517 g/mol. The number of nitrogens with zero attached hydrogens (tertiary/aromatic N) is 1. The van der Waals surface area contributed by atoms with Gasteiger partial charge in [0.2, 0.25) is 11.8 Å². The first-order valence-corrected chi connectivity index (χ1v) is 14.0. The lowest BCUT2D eigenvalue weighted by Crippen LogP contribution is -2.50. The molecule has 8 nitrogen and oxygen atoms in total. The van der Waals surface area contributed by atoms with Gasteiger partial charge in [0.15, 0.2) is 0 Å². The van der Waals surface area contributed by atoms with Crippen molar-refractivity contribution in [2.24, 2.45) is 0 Å². The van der Waals surface area contributed by atoms with Gasteiger partial charge in [0, 0.05) is 12.6 Å². The Kier molecular flexibility index (Phi) is 12.7. The van der Waals surface area contributed by atoms with Crippen LogP contribution < -0.4 is 10.6 Å². The minimum Gasteiger partial charge on any atom is -0.508 e. The molecular weight excluding hydrogens is 470 g/mol. The number of nitrogens with one attached hydrogen (secondary N) is 2. The Morgan fingerprint density at radius 2 is 1.62 bits per heavy atom. The van der Waals surface area contributed by atoms with Crippen molar-refractivity contribution in [3.63, 3.8) is 0 Å². The minimum absolute atomic E-state index is 0.0896. The fourth-order valence-electron chi connectivity index (χ4n) is 4.68. The molecule has 3 N–H and O–H groups in total. The lowest BCUT2D eigenvalue weighted by Gasteiger charge is -2.33. The number of ether oxygens (including phenoxy) is 1. The van der Waals surface area contributed by atoms with E-state index in [1.807, 2.05) is 0 Å². The van der Waals surface area contributed by atoms with Gasteiger partial charge in [-0.3, -0.25) is 9.59 Å². The van der Waals surface area contributed by atoms with E-state index in [1.54, 1.807) is 37.8 Å². The van der Waals surface area contributed by atoms with E-state index < -0.39 is 17.7 Å². The number of rotatable bonds is 13. The zero-order chi connectivity index (χ0) is 27.3. The molecule has 1 aliphatic rings. The highest BCUT2D eigenvalue weighted by molar-refractivity contribution is 5.90. The molecule has 1 unspecified atom stereocenters. The van der Waals surface area contributed by atoms with Crippen LogP contribution in [0.25, 0.3) is 0 Å². The summed E-state index contributed by atoms with van der Waals surface area (Å²) in [6.45, 7) is 7.58. The molecule has 8 heteroatoms. The number of unbranched alkanes of at least 4 members (excludes halogenated alkanes) is 5. The molecule has 0 aromatic heterocycles. The average molecular weight is 518 g/mol. The molecule has 0 aliphatic heterocycles. The molecule has 0 saturated heterocycles. The Balaban J connectivity index is 2.23. The summed E-state index contributed by atoms with van der Waals surface area (Å²) in [5.74, 6) is -0.485. The molecule has 1 saturated carbocycles. The molecule has 208 valence electrons. The summed E-state index contributed by atoms with van der Waals surface area (Å²) < 4.78 is 5.28. The molecule has 1 aliphatic carbocycles. The number of amides is 3. The van der Waals surface area contributed by atoms with Gasteiger partial charge in [0.25, 0.3) is 0 Å². The first-order valence-electron chi connectivity index (χ1n) is 14.0. The predicted octanol–water partition coefficient (Wildman–Crippen LogP) is 5.60. The standard InChI is InChI=1S/C29H47N3O5/c1-5-6-7-8-9-13-20-32(25(34)21-30-28(36)37-29(2,3)4)26(22-16-18-24(33)19-17-22)27(35)31-23-14-11-10-12-15-23/h16-19,23,26,33H,5-15,20-21H2,1-4H3,(H,30,36)(H,31,35). The van der Waals surface area contributed by atoms with Crippen LogP contribution >= 0.6 is 0 Å². The summed E-state index contributed by atoms with van der Waals surface area (Å²) >= 11 is 0. The molecule has 3 amide bonds. The van der Waals surface area contributed by atoms with Crippen molar-refractivity contribution in [2.75, 3.05) is 13.1 Å². The van der Waals surface area contributed by atoms with Crippen molar-refractivity contribution in [2.45, 2.75) is 116 Å². The summed E-state index contributed by atoms with van der Waals surface area (Å²) in [5, 5.41) is 15.5. The van der Waals surface area contributed by atoms with Crippen molar-refractivity contribution in [3.05, 3.63) is 29.8 Å². The van der Waals surface area contributed by atoms with Crippen LogP contribution in [0.5, 0.6) is 5.75 Å². The number of aromatic hydroxyl groups is 1. The summed E-state index contributed by atoms with van der Waals surface area (Å²) in [6.07, 6.45) is 10.8. The molecular formula is C29H47N3O5. The van der Waals surface area contributed by atoms with Crippen LogP contribution in [0.2, 0.25) is 0 Å². The van der Waals surface area contributed by atoms with Crippen LogP contribution in [-0.4, -0.2) is 52.6 Å². The quantitative estimate of drug-likeness (QED) is 0.295. The number of carbonyl (C=O) groups is 3. The third-order valence-corrected chi connectivity index (χ3v) is 6.58. The largest absolute Gasteiger partial charge is 0.508 e. The van der Waals surface area contributed by atoms with Crippen LogP contribution in [0, 0.1) is 0 Å². The summed E-state index contributed by atoms with van der Waals surface area (Å²) in [5.41, 5.74) is -0.0533. The number of benzene rings is 1. The first-order chi connectivity index (χ1) is 17.6. The van der Waals surface area contributed by atoms with E-state index in [2.05, 4.69) is 17.6 Å². The van der Waals surface area contributed by atoms with Crippen molar-refractivity contribution < 1.29 is 24.2 Å². The fraction of sp³-hybridized carbons (Fsp3) is 0.690. The second-order valence-electron chi connectivity index (χ2n) is 11.0. The van der Waals surface area contributed by atoms with E-state index in [4.69, 9.17) is 4.74 Å². The van der Waals surface area contributed by atoms with Crippen molar-refractivity contribution in [3.8, 4) is 5.75 Å². The number of hydrogen-bond donors (Lipinski definition) is 3. The maximum Gasteiger partial charge on any atom is 0.408 e. The number of hydrogen-bond acceptors (Lipinski definition) is 5. The van der Waals surface area contributed by atoms with Crippen molar-refractivity contribution >= 4 is 17.9 Å². The molecule has 1 aromatic rings. The minimum atomic E-state index is -0.855. The van der Waals surface area contributed by atoms with Crippen LogP contribution in [0.1, 0.15) is 110 Å². The fourth-order valence-corrected chi connectivity index (χ4v) is 4.68. The van der Waals surface area contributed by atoms with E-state index in [-0.39, 0.29) is 30.2 Å². The van der Waals surface area contributed by atoms with Gasteiger partial charge in [-0.25, -0.2) is 4.79 Å². The number of phenolic OH excluding ortho intramolecular Hbond substituents is 1. The third-order valence-electron chi connectivity index (χ3n) is 6.58. The SMILES string of the molecule is CCCCCCCCN(C(=O)CNC(=O)OC(C)(C)C)C(C(=O)NC1CCCCC1)c1ccc(O)cc1. The Morgan fingerprint density at radius 1 is 1.00 bits per heavy atom. The highest BCUT2D eigenvalue weighted by Gasteiger charge is 2.33. The lowest BCUT2D eigenvalue weighted by molar-refractivity contribution is -0.140. The Morgan fingerprint density at radius 3 is 2.24 bits per heavy atom. The van der Waals surface area contributed by atoms with Gasteiger partial charge in [-0.15, -0.1) is 0 Å². The maximum absolute atomic E-state index is 13.7. The van der Waals surface area contributed by atoms with Crippen LogP contribution in [-0.2, 0) is 14.3 Å². The smallest absolute Gasteiger partial charge is 0.408 e. The van der Waals surface area contributed by atoms with Crippen LogP contribution in [0.15, 0.2) is 24.3 Å². The Labute approximate surface area is 222 Å². The highest BCUT2D eigenvalue weighted by Crippen LogP contribution is 2.26. The number of phenols is 1. The molecule has 1 fully saturated rings. The zero-order valence-corrected chi connectivity index (χ0v) is 23.2. The highest BCUT2D eigenvalue weighted by atomic mass is 16.6. The van der Waals surface area contributed by atoms with E-state index in [0.29, 0.717) is 12.1 Å². The summed E-state index contributed by atoms with van der Waals surface area (Å²) in [6, 6.07) is 5.66. The molecule has 0 bridgehead atoms. The normalized spacial score (nSPS) is 15.0. The molecule has 0 spiro atoms. The van der Waals surface area contributed by atoms with Crippen molar-refractivity contribution in [1.29, 1.82) is 0 Å². The van der Waals surface area contributed by atoms with E-state index in [9.17, 15) is 19.5 Å². The molecule has 0 heterocycles. The van der Waals surface area contributed by atoms with Gasteiger partial charge in [-0.05, 0) is 57.7 Å². The molecule has 37 heavy (non-hydrogen) atoms. The number of alkyl carbamates (subject to hydrolysis) is 1. The van der Waals surface area contributed by atoms with Gasteiger partial charge in [0.05, 0.1) is 0 Å². The molecule has 1 aromatic carbocycles. The molecule has 0 radical (unpaired) electrons. The topological polar surface area (TPSA) is 108 Å². The second kappa shape index (κ2) is 15.5. The summed E-state index contributed by atoms with van der Waals surface area (Å²) in [7, 11) is 0. The number of carbonyl (C=O) groups excluding carboxylic acids is 3. The maximum atomic E-state index is 13.7. The van der Waals surface area contributed by atoms with E-state index in [1.165, 1.54) is 25.0 Å².